The Morgan fingerprint density at radius 1 is 1.18 bits per heavy atom. The lowest BCUT2D eigenvalue weighted by Crippen LogP contribution is -2.42. The van der Waals surface area contributed by atoms with Gasteiger partial charge >= 0.3 is 6.03 Å². The fraction of sp³-hybridized carbons (Fsp3) is 0.438. The summed E-state index contributed by atoms with van der Waals surface area (Å²) in [7, 11) is 9.41. The van der Waals surface area contributed by atoms with Crippen molar-refractivity contribution in [3.8, 4) is 0 Å². The van der Waals surface area contributed by atoms with Crippen molar-refractivity contribution in [1.29, 1.82) is 0 Å². The molecular weight excluding hydrogens is 452 g/mol. The van der Waals surface area contributed by atoms with E-state index in [1.165, 1.54) is 12.1 Å². The van der Waals surface area contributed by atoms with Crippen LogP contribution < -0.4 is 38.4 Å². The molecule has 0 aliphatic heterocycles. The SMILES string of the molecule is Cc1cc(=O)[nH]c(N)n1.[B]OC(CNC(=O)Nc1nc(C)cc(=O)[nH]1)NO.[B]OCONCC. The monoisotopic (exact) mass is 479 g/mol. The van der Waals surface area contributed by atoms with Crippen molar-refractivity contribution in [3.63, 3.8) is 0 Å². The molecule has 0 saturated heterocycles. The van der Waals surface area contributed by atoms with E-state index < -0.39 is 12.3 Å². The highest BCUT2D eigenvalue weighted by molar-refractivity contribution is 5.98. The van der Waals surface area contributed by atoms with Crippen molar-refractivity contribution in [1.82, 2.24) is 36.2 Å². The molecule has 18 heteroatoms. The molecule has 4 radical (unpaired) electrons. The van der Waals surface area contributed by atoms with E-state index in [0.29, 0.717) is 11.4 Å². The van der Waals surface area contributed by atoms with Crippen LogP contribution in [-0.2, 0) is 14.1 Å². The highest BCUT2D eigenvalue weighted by Gasteiger charge is 2.08. The Morgan fingerprint density at radius 3 is 2.26 bits per heavy atom. The summed E-state index contributed by atoms with van der Waals surface area (Å²) in [5.41, 5.74) is 9.98. The third kappa shape index (κ3) is 15.5. The lowest BCUT2D eigenvalue weighted by molar-refractivity contribution is -0.0419. The number of aryl methyl sites for hydroxylation is 2. The Kier molecular flexibility index (Phi) is 16.4. The Labute approximate surface area is 197 Å². The van der Waals surface area contributed by atoms with Crippen LogP contribution >= 0.6 is 0 Å². The summed E-state index contributed by atoms with van der Waals surface area (Å²) in [4.78, 5) is 49.9. The molecule has 34 heavy (non-hydrogen) atoms. The van der Waals surface area contributed by atoms with Crippen LogP contribution in [0.5, 0.6) is 0 Å². The summed E-state index contributed by atoms with van der Waals surface area (Å²) < 4.78 is 8.32. The molecule has 9 N–H and O–H groups in total. The van der Waals surface area contributed by atoms with Crippen LogP contribution in [0.25, 0.3) is 0 Å². The molecule has 0 bridgehead atoms. The van der Waals surface area contributed by atoms with Crippen molar-refractivity contribution >= 4 is 34.0 Å². The Morgan fingerprint density at radius 2 is 1.79 bits per heavy atom. The normalized spacial score (nSPS) is 10.7. The minimum Gasteiger partial charge on any atom is -0.431 e. The molecule has 0 saturated carbocycles. The van der Waals surface area contributed by atoms with Crippen LogP contribution in [0.4, 0.5) is 16.7 Å². The number of carbonyl (C=O) groups is 1. The van der Waals surface area contributed by atoms with Gasteiger partial charge in [0.05, 0.1) is 6.54 Å². The van der Waals surface area contributed by atoms with Crippen LogP contribution in [0.3, 0.4) is 0 Å². The summed E-state index contributed by atoms with van der Waals surface area (Å²) in [6.45, 7) is 6.00. The first-order chi connectivity index (χ1) is 16.1. The van der Waals surface area contributed by atoms with E-state index in [9.17, 15) is 14.4 Å². The van der Waals surface area contributed by atoms with Crippen LogP contribution in [-0.4, -0.2) is 73.4 Å². The van der Waals surface area contributed by atoms with Gasteiger partial charge in [0.1, 0.15) is 6.23 Å². The highest BCUT2D eigenvalue weighted by Crippen LogP contribution is 1.95. The molecule has 0 aliphatic carbocycles. The second kappa shape index (κ2) is 18.2. The second-order valence-corrected chi connectivity index (χ2v) is 6.02. The van der Waals surface area contributed by atoms with Gasteiger partial charge in [-0.3, -0.25) is 29.7 Å². The van der Waals surface area contributed by atoms with Gasteiger partial charge in [0.2, 0.25) is 11.9 Å². The molecule has 16 nitrogen and oxygen atoms in total. The number of aromatic amines is 2. The number of nitrogen functional groups attached to an aromatic ring is 1. The lowest BCUT2D eigenvalue weighted by Gasteiger charge is -2.14. The molecule has 2 aromatic rings. The predicted molar refractivity (Wildman–Crippen MR) is 123 cm³/mol. The molecule has 1 unspecified atom stereocenters. The van der Waals surface area contributed by atoms with E-state index in [1.54, 1.807) is 19.3 Å². The number of urea groups is 1. The Bertz CT molecular complexity index is 930. The number of rotatable bonds is 9. The zero-order valence-electron chi connectivity index (χ0n) is 18.9. The molecule has 0 aliphatic rings. The molecule has 2 rings (SSSR count). The highest BCUT2D eigenvalue weighted by atomic mass is 16.7. The zero-order valence-corrected chi connectivity index (χ0v) is 18.9. The Hall–Kier alpha value is -3.28. The van der Waals surface area contributed by atoms with Crippen LogP contribution in [0, 0.1) is 13.8 Å². The van der Waals surface area contributed by atoms with Gasteiger partial charge in [-0.1, -0.05) is 6.92 Å². The molecular formula is C16H27B2N9O7. The van der Waals surface area contributed by atoms with Gasteiger partial charge < -0.3 is 25.6 Å². The molecule has 0 fully saturated rings. The fourth-order valence-corrected chi connectivity index (χ4v) is 1.88. The number of hydrogen-bond donors (Lipinski definition) is 8. The summed E-state index contributed by atoms with van der Waals surface area (Å²) in [6, 6.07) is 2.04. The molecule has 2 aromatic heterocycles. The third-order valence-corrected chi connectivity index (χ3v) is 3.12. The largest absolute Gasteiger partial charge is 0.431 e. The number of nitrogens with one attached hydrogen (secondary N) is 6. The van der Waals surface area contributed by atoms with E-state index in [-0.39, 0.29) is 36.4 Å². The number of H-pyrrole nitrogens is 2. The first-order valence-corrected chi connectivity index (χ1v) is 9.52. The van der Waals surface area contributed by atoms with Crippen molar-refractivity contribution in [2.45, 2.75) is 27.0 Å². The summed E-state index contributed by atoms with van der Waals surface area (Å²) in [5.74, 6) is 0.180. The van der Waals surface area contributed by atoms with Crippen molar-refractivity contribution in [3.05, 3.63) is 44.2 Å². The van der Waals surface area contributed by atoms with Crippen LogP contribution in [0.15, 0.2) is 21.7 Å². The number of aromatic nitrogens is 4. The second-order valence-electron chi connectivity index (χ2n) is 6.02. The van der Waals surface area contributed by atoms with Crippen molar-refractivity contribution < 1.29 is 24.1 Å². The molecule has 0 spiro atoms. The molecule has 0 aromatic carbocycles. The van der Waals surface area contributed by atoms with Gasteiger partial charge in [0.15, 0.2) is 6.79 Å². The smallest absolute Gasteiger partial charge is 0.321 e. The van der Waals surface area contributed by atoms with E-state index in [0.717, 1.165) is 6.54 Å². The van der Waals surface area contributed by atoms with Gasteiger partial charge in [-0.15, -0.1) is 0 Å². The quantitative estimate of drug-likeness (QED) is 0.0833. The fourth-order valence-electron chi connectivity index (χ4n) is 1.88. The zero-order chi connectivity index (χ0) is 25.9. The van der Waals surface area contributed by atoms with Gasteiger partial charge in [-0.25, -0.2) is 20.2 Å². The number of amides is 2. The molecule has 2 amide bonds. The van der Waals surface area contributed by atoms with Gasteiger partial charge in [-0.05, 0) is 13.8 Å². The molecule has 2 heterocycles. The van der Waals surface area contributed by atoms with Crippen molar-refractivity contribution in [2.24, 2.45) is 0 Å². The topological polar surface area (TPSA) is 231 Å². The summed E-state index contributed by atoms with van der Waals surface area (Å²) in [6.07, 6.45) is -0.944. The first-order valence-electron chi connectivity index (χ1n) is 9.52. The molecule has 184 valence electrons. The van der Waals surface area contributed by atoms with E-state index in [1.807, 2.05) is 6.92 Å². The van der Waals surface area contributed by atoms with Gasteiger partial charge in [0, 0.05) is 30.1 Å². The average Bonchev–Trinajstić information content (AvgIpc) is 2.74. The maximum absolute atomic E-state index is 11.4. The average molecular weight is 479 g/mol. The maximum Gasteiger partial charge on any atom is 0.321 e. The summed E-state index contributed by atoms with van der Waals surface area (Å²) in [5, 5.41) is 13.2. The number of hydrogen-bond acceptors (Lipinski definition) is 12. The summed E-state index contributed by atoms with van der Waals surface area (Å²) >= 11 is 0. The van der Waals surface area contributed by atoms with E-state index in [2.05, 4.69) is 58.2 Å². The van der Waals surface area contributed by atoms with Crippen molar-refractivity contribution in [2.75, 3.05) is 30.9 Å². The van der Waals surface area contributed by atoms with Gasteiger partial charge in [0.25, 0.3) is 27.2 Å². The number of nitrogens with zero attached hydrogens (tertiary/aromatic N) is 2. The molecule has 1 atom stereocenters. The van der Waals surface area contributed by atoms with Gasteiger partial charge in [-0.2, -0.15) is 5.48 Å². The predicted octanol–water partition coefficient (Wildman–Crippen LogP) is -2.15. The van der Waals surface area contributed by atoms with E-state index >= 15 is 0 Å². The number of hydroxylamine groups is 2. The lowest BCUT2D eigenvalue weighted by atomic mass is 10.4. The first kappa shape index (κ1) is 30.7. The van der Waals surface area contributed by atoms with Crippen LogP contribution in [0.1, 0.15) is 18.3 Å². The minimum absolute atomic E-state index is 0.0136. The maximum atomic E-state index is 11.4. The minimum atomic E-state index is -0.944. The number of carbonyl (C=O) groups excluding carboxylic acids is 1. The van der Waals surface area contributed by atoms with Crippen LogP contribution in [0.2, 0.25) is 0 Å². The van der Waals surface area contributed by atoms with E-state index in [4.69, 9.17) is 19.0 Å². The third-order valence-electron chi connectivity index (χ3n) is 3.12. The standard InChI is InChI=1S/C8H12BN5O4.C5H7N3O.C3H8BNO2/c1-4-2-5(15)12-7(11-4)13-8(16)10-3-6(14-17)18-9;1-3-2-4(9)8-5(6)7-3;1-2-5-7-3-6-4/h2,6,14,17H,3H2,1H3,(H3,10,11,12,13,15,16);2H,1H3,(H3,6,7,8,9);5H,2-3H2,1H3. The number of anilines is 2. The number of nitrogens with two attached hydrogens (primary N) is 1. The Balaban J connectivity index is 0.000000563.